The largest absolute Gasteiger partial charge is 0.363 e. The molecule has 1 aliphatic carbocycles. The Kier molecular flexibility index (Phi) is 3.94. The van der Waals surface area contributed by atoms with Crippen LogP contribution in [0.15, 0.2) is 30.3 Å². The first-order chi connectivity index (χ1) is 10.2. The second-order valence-electron chi connectivity index (χ2n) is 5.34. The van der Waals surface area contributed by atoms with Crippen molar-refractivity contribution in [2.45, 2.75) is 31.7 Å². The smallest absolute Gasteiger partial charge is 0.145 e. The van der Waals surface area contributed by atoms with Gasteiger partial charge in [0.05, 0.1) is 0 Å². The highest BCUT2D eigenvalue weighted by Crippen LogP contribution is 2.39. The van der Waals surface area contributed by atoms with Crippen LogP contribution in [0.2, 0.25) is 5.02 Å². The first-order valence-corrected chi connectivity index (χ1v) is 7.41. The number of hydrogen-bond donors (Lipinski definition) is 3. The van der Waals surface area contributed by atoms with Gasteiger partial charge in [-0.2, -0.15) is 0 Å². The molecule has 1 aromatic carbocycles. The molecule has 2 aromatic rings. The molecule has 0 radical (unpaired) electrons. The van der Waals surface area contributed by atoms with E-state index in [9.17, 15) is 0 Å². The average Bonchev–Trinajstić information content (AvgIpc) is 3.31. The maximum absolute atomic E-state index is 6.03. The Morgan fingerprint density at radius 1 is 1.24 bits per heavy atom. The standard InChI is InChI=1S/C15H18ClN5/c1-9(11-3-2-4-12(16)7-11)18-13-8-14(21-17)20-15(19-13)10-5-6-10/h2-4,7-10H,5-6,17H2,1H3,(H2,18,19,20,21). The van der Waals surface area contributed by atoms with Crippen molar-refractivity contribution in [1.82, 2.24) is 9.97 Å². The molecule has 0 aliphatic heterocycles. The summed E-state index contributed by atoms with van der Waals surface area (Å²) in [5.41, 5.74) is 3.71. The summed E-state index contributed by atoms with van der Waals surface area (Å²) in [5, 5.41) is 4.11. The summed E-state index contributed by atoms with van der Waals surface area (Å²) in [4.78, 5) is 8.98. The number of rotatable bonds is 5. The molecule has 21 heavy (non-hydrogen) atoms. The molecule has 0 bridgehead atoms. The number of nitrogen functional groups attached to an aromatic ring is 1. The Labute approximate surface area is 128 Å². The molecular weight excluding hydrogens is 286 g/mol. The Morgan fingerprint density at radius 2 is 2.00 bits per heavy atom. The van der Waals surface area contributed by atoms with Crippen LogP contribution in [0.25, 0.3) is 0 Å². The number of hydrogen-bond acceptors (Lipinski definition) is 5. The second-order valence-corrected chi connectivity index (χ2v) is 5.77. The fourth-order valence-corrected chi connectivity index (χ4v) is 2.42. The van der Waals surface area contributed by atoms with Gasteiger partial charge in [-0.15, -0.1) is 0 Å². The van der Waals surface area contributed by atoms with E-state index >= 15 is 0 Å². The normalized spacial score (nSPS) is 15.6. The fourth-order valence-electron chi connectivity index (χ4n) is 2.22. The van der Waals surface area contributed by atoms with Gasteiger partial charge in [0.1, 0.15) is 17.5 Å². The van der Waals surface area contributed by atoms with Crippen LogP contribution in [0.5, 0.6) is 0 Å². The quantitative estimate of drug-likeness (QED) is 0.582. The van der Waals surface area contributed by atoms with Crippen LogP contribution < -0.4 is 16.6 Å². The third kappa shape index (κ3) is 3.43. The number of nitrogens with one attached hydrogen (secondary N) is 2. The molecular formula is C15H18ClN5. The van der Waals surface area contributed by atoms with Gasteiger partial charge < -0.3 is 10.7 Å². The van der Waals surface area contributed by atoms with E-state index in [0.29, 0.717) is 11.7 Å². The molecule has 6 heteroatoms. The Hall–Kier alpha value is -1.85. The molecule has 5 nitrogen and oxygen atoms in total. The van der Waals surface area contributed by atoms with E-state index in [-0.39, 0.29) is 6.04 Å². The number of nitrogens with two attached hydrogens (primary N) is 1. The van der Waals surface area contributed by atoms with Gasteiger partial charge in [0, 0.05) is 23.0 Å². The molecule has 1 aliphatic rings. The number of anilines is 2. The average molecular weight is 304 g/mol. The lowest BCUT2D eigenvalue weighted by atomic mass is 10.1. The van der Waals surface area contributed by atoms with E-state index in [1.54, 1.807) is 0 Å². The summed E-state index contributed by atoms with van der Waals surface area (Å²) in [6.07, 6.45) is 2.30. The maximum atomic E-state index is 6.03. The van der Waals surface area contributed by atoms with Crippen LogP contribution >= 0.6 is 11.6 Å². The van der Waals surface area contributed by atoms with Gasteiger partial charge in [0.15, 0.2) is 0 Å². The van der Waals surface area contributed by atoms with Crippen molar-refractivity contribution in [3.8, 4) is 0 Å². The van der Waals surface area contributed by atoms with Gasteiger partial charge in [-0.05, 0) is 37.5 Å². The molecule has 0 saturated heterocycles. The molecule has 1 saturated carbocycles. The minimum Gasteiger partial charge on any atom is -0.363 e. The summed E-state index contributed by atoms with van der Waals surface area (Å²) in [5.74, 6) is 8.21. The van der Waals surface area contributed by atoms with Gasteiger partial charge in [0.25, 0.3) is 0 Å². The van der Waals surface area contributed by atoms with Crippen molar-refractivity contribution in [3.63, 3.8) is 0 Å². The van der Waals surface area contributed by atoms with Gasteiger partial charge in [-0.25, -0.2) is 15.8 Å². The minimum absolute atomic E-state index is 0.0938. The van der Waals surface area contributed by atoms with Crippen LogP contribution in [-0.2, 0) is 0 Å². The highest BCUT2D eigenvalue weighted by molar-refractivity contribution is 6.30. The molecule has 1 unspecified atom stereocenters. The minimum atomic E-state index is 0.0938. The number of hydrazine groups is 1. The molecule has 1 fully saturated rings. The lowest BCUT2D eigenvalue weighted by Gasteiger charge is -2.16. The topological polar surface area (TPSA) is 75.9 Å². The lowest BCUT2D eigenvalue weighted by molar-refractivity contribution is 0.854. The Balaban J connectivity index is 1.81. The van der Waals surface area contributed by atoms with Crippen molar-refractivity contribution in [2.75, 3.05) is 10.7 Å². The predicted molar refractivity (Wildman–Crippen MR) is 85.3 cm³/mol. The molecule has 3 rings (SSSR count). The summed E-state index contributed by atoms with van der Waals surface area (Å²) < 4.78 is 0. The Morgan fingerprint density at radius 3 is 2.67 bits per heavy atom. The molecule has 4 N–H and O–H groups in total. The van der Waals surface area contributed by atoms with Gasteiger partial charge in [-0.1, -0.05) is 23.7 Å². The molecule has 0 amide bonds. The van der Waals surface area contributed by atoms with Crippen LogP contribution in [0, 0.1) is 0 Å². The fraction of sp³-hybridized carbons (Fsp3) is 0.333. The van der Waals surface area contributed by atoms with E-state index in [1.807, 2.05) is 30.3 Å². The van der Waals surface area contributed by atoms with Gasteiger partial charge >= 0.3 is 0 Å². The van der Waals surface area contributed by atoms with Crippen molar-refractivity contribution >= 4 is 23.2 Å². The third-order valence-electron chi connectivity index (χ3n) is 3.55. The van der Waals surface area contributed by atoms with E-state index in [1.165, 1.54) is 0 Å². The first-order valence-electron chi connectivity index (χ1n) is 7.03. The second kappa shape index (κ2) is 5.87. The zero-order chi connectivity index (χ0) is 14.8. The molecule has 1 heterocycles. The molecule has 1 aromatic heterocycles. The number of benzene rings is 1. The summed E-state index contributed by atoms with van der Waals surface area (Å²) >= 11 is 6.03. The van der Waals surface area contributed by atoms with Crippen molar-refractivity contribution < 1.29 is 0 Å². The van der Waals surface area contributed by atoms with E-state index < -0.39 is 0 Å². The summed E-state index contributed by atoms with van der Waals surface area (Å²) in [7, 11) is 0. The molecule has 110 valence electrons. The molecule has 0 spiro atoms. The van der Waals surface area contributed by atoms with Crippen molar-refractivity contribution in [3.05, 3.63) is 46.7 Å². The SMILES string of the molecule is CC(Nc1cc(NN)nc(C2CC2)n1)c1cccc(Cl)c1. The Bertz CT molecular complexity index is 642. The van der Waals surface area contributed by atoms with E-state index in [4.69, 9.17) is 17.4 Å². The first kappa shape index (κ1) is 14.1. The molecule has 1 atom stereocenters. The van der Waals surface area contributed by atoms with Crippen LogP contribution in [-0.4, -0.2) is 9.97 Å². The maximum Gasteiger partial charge on any atom is 0.145 e. The third-order valence-corrected chi connectivity index (χ3v) is 3.78. The van der Waals surface area contributed by atoms with E-state index in [2.05, 4.69) is 27.6 Å². The van der Waals surface area contributed by atoms with E-state index in [0.717, 1.165) is 35.1 Å². The monoisotopic (exact) mass is 303 g/mol. The van der Waals surface area contributed by atoms with Gasteiger partial charge in [-0.3, -0.25) is 0 Å². The lowest BCUT2D eigenvalue weighted by Crippen LogP contribution is -2.13. The van der Waals surface area contributed by atoms with Crippen LogP contribution in [0.4, 0.5) is 11.6 Å². The van der Waals surface area contributed by atoms with Gasteiger partial charge in [0.2, 0.25) is 0 Å². The number of nitrogens with zero attached hydrogens (tertiary/aromatic N) is 2. The highest BCUT2D eigenvalue weighted by Gasteiger charge is 2.27. The predicted octanol–water partition coefficient (Wildman–Crippen LogP) is 3.47. The summed E-state index contributed by atoms with van der Waals surface area (Å²) in [6.45, 7) is 2.07. The van der Waals surface area contributed by atoms with Crippen LogP contribution in [0.3, 0.4) is 0 Å². The van der Waals surface area contributed by atoms with Crippen molar-refractivity contribution in [2.24, 2.45) is 5.84 Å². The zero-order valence-corrected chi connectivity index (χ0v) is 12.6. The zero-order valence-electron chi connectivity index (χ0n) is 11.8. The van der Waals surface area contributed by atoms with Crippen LogP contribution in [0.1, 0.15) is 43.1 Å². The van der Waals surface area contributed by atoms with Crippen molar-refractivity contribution in [1.29, 1.82) is 0 Å². The highest BCUT2D eigenvalue weighted by atomic mass is 35.5. The number of aromatic nitrogens is 2. The number of halogens is 1. The summed E-state index contributed by atoms with van der Waals surface area (Å²) in [6, 6.07) is 9.70.